The van der Waals surface area contributed by atoms with Gasteiger partial charge in [-0.25, -0.2) is 13.1 Å². The minimum Gasteiger partial charge on any atom is -0.497 e. The second kappa shape index (κ2) is 10.7. The summed E-state index contributed by atoms with van der Waals surface area (Å²) in [5.74, 6) is 1.24. The highest BCUT2D eigenvalue weighted by molar-refractivity contribution is 7.89. The number of methoxy groups -OCH3 is 1. The molecule has 1 N–H and O–H groups in total. The first kappa shape index (κ1) is 23.9. The number of hydrogen-bond acceptors (Lipinski definition) is 6. The lowest BCUT2D eigenvalue weighted by atomic mass is 10.2. The van der Waals surface area contributed by atoms with Gasteiger partial charge in [-0.2, -0.15) is 0 Å². The number of hydrogen-bond donors (Lipinski definition) is 1. The highest BCUT2D eigenvalue weighted by Crippen LogP contribution is 2.23. The van der Waals surface area contributed by atoms with Crippen LogP contribution in [0, 0.1) is 6.92 Å². The summed E-state index contributed by atoms with van der Waals surface area (Å²) in [5.41, 5.74) is 1.77. The third-order valence-corrected chi connectivity index (χ3v) is 6.88. The van der Waals surface area contributed by atoms with Crippen LogP contribution in [-0.2, 0) is 14.8 Å². The number of carbonyl (C=O) groups is 1. The molecule has 8 nitrogen and oxygen atoms in total. The van der Waals surface area contributed by atoms with Crippen LogP contribution in [0.15, 0.2) is 47.4 Å². The molecule has 0 aliphatic carbocycles. The molecule has 0 saturated carbocycles. The smallest absolute Gasteiger partial charge is 0.260 e. The van der Waals surface area contributed by atoms with Gasteiger partial charge in [0.25, 0.3) is 5.91 Å². The Kier molecular flexibility index (Phi) is 7.98. The van der Waals surface area contributed by atoms with E-state index in [4.69, 9.17) is 9.47 Å². The monoisotopic (exact) mass is 461 g/mol. The fraction of sp³-hybridized carbons (Fsp3) is 0.435. The Bertz CT molecular complexity index is 1020. The number of ether oxygens (including phenoxy) is 2. The highest BCUT2D eigenvalue weighted by Gasteiger charge is 2.22. The molecule has 0 bridgehead atoms. The van der Waals surface area contributed by atoms with Crippen molar-refractivity contribution in [3.63, 3.8) is 0 Å². The Hall–Kier alpha value is -2.78. The molecule has 3 rings (SSSR count). The summed E-state index contributed by atoms with van der Waals surface area (Å²) in [6.45, 7) is 6.71. The van der Waals surface area contributed by atoms with Crippen molar-refractivity contribution in [1.82, 2.24) is 9.62 Å². The fourth-order valence-corrected chi connectivity index (χ4v) is 4.73. The van der Waals surface area contributed by atoms with Gasteiger partial charge in [0.1, 0.15) is 11.5 Å². The van der Waals surface area contributed by atoms with Crippen LogP contribution in [0.2, 0.25) is 0 Å². The molecular formula is C23H31N3O5S. The lowest BCUT2D eigenvalue weighted by Gasteiger charge is -2.36. The zero-order valence-electron chi connectivity index (χ0n) is 18.8. The lowest BCUT2D eigenvalue weighted by molar-refractivity contribution is -0.133. The number of anilines is 1. The van der Waals surface area contributed by atoms with Gasteiger partial charge >= 0.3 is 0 Å². The van der Waals surface area contributed by atoms with Gasteiger partial charge in [0, 0.05) is 38.4 Å². The van der Waals surface area contributed by atoms with Crippen LogP contribution >= 0.6 is 0 Å². The minimum atomic E-state index is -3.53. The van der Waals surface area contributed by atoms with Crippen LogP contribution < -0.4 is 19.1 Å². The van der Waals surface area contributed by atoms with Crippen molar-refractivity contribution in [3.05, 3.63) is 48.0 Å². The van der Waals surface area contributed by atoms with Gasteiger partial charge < -0.3 is 19.3 Å². The van der Waals surface area contributed by atoms with E-state index in [1.165, 1.54) is 6.07 Å². The molecule has 0 unspecified atom stereocenters. The number of rotatable bonds is 9. The molecule has 174 valence electrons. The maximum Gasteiger partial charge on any atom is 0.260 e. The van der Waals surface area contributed by atoms with Gasteiger partial charge in [-0.1, -0.05) is 6.92 Å². The first-order valence-electron chi connectivity index (χ1n) is 10.7. The Morgan fingerprint density at radius 1 is 1.06 bits per heavy atom. The Morgan fingerprint density at radius 3 is 2.34 bits per heavy atom. The number of amides is 1. The molecule has 1 fully saturated rings. The molecule has 1 aliphatic rings. The third-order valence-electron chi connectivity index (χ3n) is 5.42. The van der Waals surface area contributed by atoms with E-state index >= 15 is 0 Å². The van der Waals surface area contributed by atoms with Crippen LogP contribution in [-0.4, -0.2) is 65.7 Å². The van der Waals surface area contributed by atoms with Crippen molar-refractivity contribution in [3.8, 4) is 11.5 Å². The molecular weight excluding hydrogens is 430 g/mol. The molecule has 1 amide bonds. The van der Waals surface area contributed by atoms with E-state index in [0.29, 0.717) is 30.9 Å². The fourth-order valence-electron chi connectivity index (χ4n) is 3.51. The van der Waals surface area contributed by atoms with Crippen molar-refractivity contribution < 1.29 is 22.7 Å². The zero-order valence-corrected chi connectivity index (χ0v) is 19.7. The second-order valence-electron chi connectivity index (χ2n) is 7.68. The first-order valence-corrected chi connectivity index (χ1v) is 12.2. The van der Waals surface area contributed by atoms with E-state index < -0.39 is 10.0 Å². The summed E-state index contributed by atoms with van der Waals surface area (Å²) >= 11 is 0. The molecule has 0 atom stereocenters. The van der Waals surface area contributed by atoms with Gasteiger partial charge in [-0.3, -0.25) is 4.79 Å². The number of sulfonamides is 1. The number of carbonyl (C=O) groups excluding carboxylic acids is 1. The molecule has 9 heteroatoms. The standard InChI is InChI=1S/C23H31N3O5S/c1-4-11-24-32(28,29)21-9-10-22(18(2)16-21)31-17-23(27)26-14-12-25(13-15-26)19-5-7-20(30-3)8-6-19/h5-10,16,24H,4,11-15,17H2,1-3H3. The summed E-state index contributed by atoms with van der Waals surface area (Å²) in [6, 6.07) is 12.6. The quantitative estimate of drug-likeness (QED) is 0.617. The predicted molar refractivity (Wildman–Crippen MR) is 124 cm³/mol. The summed E-state index contributed by atoms with van der Waals surface area (Å²) < 4.78 is 38.0. The number of nitrogens with zero attached hydrogens (tertiary/aromatic N) is 2. The predicted octanol–water partition coefficient (Wildman–Crippen LogP) is 2.42. The molecule has 1 aliphatic heterocycles. The third kappa shape index (κ3) is 5.92. The Balaban J connectivity index is 1.51. The number of aryl methyl sites for hydroxylation is 1. The van der Waals surface area contributed by atoms with Gasteiger partial charge in [0.05, 0.1) is 12.0 Å². The average molecular weight is 462 g/mol. The average Bonchev–Trinajstić information content (AvgIpc) is 2.82. The SMILES string of the molecule is CCCNS(=O)(=O)c1ccc(OCC(=O)N2CCN(c3ccc(OC)cc3)CC2)c(C)c1. The molecule has 2 aromatic rings. The number of benzene rings is 2. The van der Waals surface area contributed by atoms with Crippen LogP contribution in [0.5, 0.6) is 11.5 Å². The van der Waals surface area contributed by atoms with Crippen molar-refractivity contribution in [2.75, 3.05) is 51.3 Å². The van der Waals surface area contributed by atoms with E-state index in [2.05, 4.69) is 9.62 Å². The highest BCUT2D eigenvalue weighted by atomic mass is 32.2. The lowest BCUT2D eigenvalue weighted by Crippen LogP contribution is -2.50. The van der Waals surface area contributed by atoms with Crippen LogP contribution in [0.1, 0.15) is 18.9 Å². The van der Waals surface area contributed by atoms with E-state index in [1.54, 1.807) is 31.1 Å². The largest absolute Gasteiger partial charge is 0.497 e. The van der Waals surface area contributed by atoms with E-state index in [9.17, 15) is 13.2 Å². The normalized spacial score (nSPS) is 14.3. The van der Waals surface area contributed by atoms with E-state index in [0.717, 1.165) is 30.9 Å². The zero-order chi connectivity index (χ0) is 23.1. The molecule has 2 aromatic carbocycles. The maximum absolute atomic E-state index is 12.6. The second-order valence-corrected chi connectivity index (χ2v) is 9.45. The summed E-state index contributed by atoms with van der Waals surface area (Å²) in [4.78, 5) is 16.8. The minimum absolute atomic E-state index is 0.0798. The molecule has 0 aromatic heterocycles. The van der Waals surface area contributed by atoms with Gasteiger partial charge in [0.2, 0.25) is 10.0 Å². The maximum atomic E-state index is 12.6. The topological polar surface area (TPSA) is 88.2 Å². The van der Waals surface area contributed by atoms with Crippen molar-refractivity contribution >= 4 is 21.6 Å². The van der Waals surface area contributed by atoms with Crippen LogP contribution in [0.25, 0.3) is 0 Å². The van der Waals surface area contributed by atoms with Gasteiger partial charge in [-0.15, -0.1) is 0 Å². The van der Waals surface area contributed by atoms with Crippen molar-refractivity contribution in [2.45, 2.75) is 25.2 Å². The molecule has 1 saturated heterocycles. The van der Waals surface area contributed by atoms with E-state index in [1.807, 2.05) is 31.2 Å². The molecule has 0 spiro atoms. The number of piperazine rings is 1. The number of nitrogens with one attached hydrogen (secondary N) is 1. The Labute approximate surface area is 190 Å². The van der Waals surface area contributed by atoms with Gasteiger partial charge in [-0.05, 0) is 61.4 Å². The summed E-state index contributed by atoms with van der Waals surface area (Å²) in [5, 5.41) is 0. The Morgan fingerprint density at radius 2 is 1.75 bits per heavy atom. The van der Waals surface area contributed by atoms with E-state index in [-0.39, 0.29) is 17.4 Å². The van der Waals surface area contributed by atoms with Crippen LogP contribution in [0.3, 0.4) is 0 Å². The molecule has 0 radical (unpaired) electrons. The van der Waals surface area contributed by atoms with Crippen molar-refractivity contribution in [2.24, 2.45) is 0 Å². The first-order chi connectivity index (χ1) is 15.3. The summed E-state index contributed by atoms with van der Waals surface area (Å²) in [7, 11) is -1.89. The molecule has 1 heterocycles. The van der Waals surface area contributed by atoms with Crippen LogP contribution in [0.4, 0.5) is 5.69 Å². The van der Waals surface area contributed by atoms with Crippen molar-refractivity contribution in [1.29, 1.82) is 0 Å². The molecule has 32 heavy (non-hydrogen) atoms. The van der Waals surface area contributed by atoms with Gasteiger partial charge in [0.15, 0.2) is 6.61 Å². The summed E-state index contributed by atoms with van der Waals surface area (Å²) in [6.07, 6.45) is 0.718.